The van der Waals surface area contributed by atoms with Gasteiger partial charge in [-0.3, -0.25) is 0 Å². The second kappa shape index (κ2) is 7.85. The highest BCUT2D eigenvalue weighted by Crippen LogP contribution is 2.26. The molecule has 0 aliphatic carbocycles. The van der Waals surface area contributed by atoms with E-state index in [9.17, 15) is 10.5 Å². The van der Waals surface area contributed by atoms with E-state index in [1.807, 2.05) is 18.2 Å². The molecule has 0 saturated heterocycles. The van der Waals surface area contributed by atoms with Crippen LogP contribution in [0.2, 0.25) is 5.02 Å². The van der Waals surface area contributed by atoms with E-state index in [4.69, 9.17) is 21.6 Å². The van der Waals surface area contributed by atoms with E-state index in [-0.39, 0.29) is 6.61 Å². The third-order valence-corrected chi connectivity index (χ3v) is 3.64. The van der Waals surface area contributed by atoms with Gasteiger partial charge in [0.25, 0.3) is 0 Å². The van der Waals surface area contributed by atoms with Gasteiger partial charge in [-0.25, -0.2) is 0 Å². The van der Waals surface area contributed by atoms with Crippen molar-refractivity contribution >= 4 is 11.6 Å². The highest BCUT2D eigenvalue weighted by Gasteiger charge is 2.24. The summed E-state index contributed by atoms with van der Waals surface area (Å²) in [4.78, 5) is 0. The van der Waals surface area contributed by atoms with Gasteiger partial charge in [0.05, 0.1) is 30.4 Å². The minimum Gasteiger partial charge on any atom is -0.493 e. The second-order valence-electron chi connectivity index (χ2n) is 4.84. The van der Waals surface area contributed by atoms with Crippen LogP contribution in [0.25, 0.3) is 0 Å². The summed E-state index contributed by atoms with van der Waals surface area (Å²) in [6, 6.07) is 19.7. The molecular weight excluding hydrogens is 310 g/mol. The molecule has 2 aromatic carbocycles. The monoisotopic (exact) mass is 321 g/mol. The third-order valence-electron chi connectivity index (χ3n) is 3.39. The maximum Gasteiger partial charge on any atom is 0.143 e. The fourth-order valence-corrected chi connectivity index (χ4v) is 2.24. The number of benzene rings is 2. The van der Waals surface area contributed by atoms with E-state index in [0.29, 0.717) is 16.3 Å². The first kappa shape index (κ1) is 16.4. The van der Waals surface area contributed by atoms with E-state index in [2.05, 4.69) is 0 Å². The molecule has 0 aliphatic heterocycles. The molecule has 5 heteroatoms. The number of rotatable bonds is 5. The Hall–Kier alpha value is -3.00. The lowest BCUT2D eigenvalue weighted by atomic mass is 9.88. The van der Waals surface area contributed by atoms with Crippen molar-refractivity contribution in [2.75, 3.05) is 6.61 Å². The van der Waals surface area contributed by atoms with Gasteiger partial charge in [-0.2, -0.15) is 15.8 Å². The van der Waals surface area contributed by atoms with Gasteiger partial charge in [-0.05, 0) is 42.0 Å². The fourth-order valence-electron chi connectivity index (χ4n) is 2.12. The summed E-state index contributed by atoms with van der Waals surface area (Å²) in [7, 11) is 0. The lowest BCUT2D eigenvalue weighted by Crippen LogP contribution is -2.18. The SMILES string of the molecule is N#Cc1ccc([C@H](COc2ccc(Cl)cc2)C(C#N)C#N)cc1. The normalized spacial score (nSPS) is 11.1. The lowest BCUT2D eigenvalue weighted by molar-refractivity contribution is 0.276. The van der Waals surface area contributed by atoms with Crippen molar-refractivity contribution in [2.45, 2.75) is 5.92 Å². The zero-order valence-corrected chi connectivity index (χ0v) is 12.9. The summed E-state index contributed by atoms with van der Waals surface area (Å²) >= 11 is 5.83. The van der Waals surface area contributed by atoms with Crippen LogP contribution in [0.4, 0.5) is 0 Å². The van der Waals surface area contributed by atoms with Crippen molar-refractivity contribution in [1.29, 1.82) is 15.8 Å². The summed E-state index contributed by atoms with van der Waals surface area (Å²) in [6.45, 7) is 0.180. The zero-order chi connectivity index (χ0) is 16.7. The standard InChI is InChI=1S/C18H12ClN3O/c19-16-5-7-17(8-6-16)23-12-18(15(10-21)11-22)14-3-1-13(9-20)2-4-14/h1-8,15,18H,12H2/t18-/m0/s1. The van der Waals surface area contributed by atoms with E-state index in [1.54, 1.807) is 48.5 Å². The average molecular weight is 322 g/mol. The number of hydrogen-bond donors (Lipinski definition) is 0. The molecule has 1 atom stereocenters. The van der Waals surface area contributed by atoms with Gasteiger partial charge in [0.1, 0.15) is 11.7 Å². The molecule has 0 heterocycles. The lowest BCUT2D eigenvalue weighted by Gasteiger charge is -2.18. The summed E-state index contributed by atoms with van der Waals surface area (Å²) < 4.78 is 5.69. The molecule has 0 radical (unpaired) electrons. The predicted molar refractivity (Wildman–Crippen MR) is 85.6 cm³/mol. The van der Waals surface area contributed by atoms with Crippen LogP contribution >= 0.6 is 11.6 Å². The molecule has 0 aliphatic rings. The Balaban J connectivity index is 2.20. The van der Waals surface area contributed by atoms with E-state index < -0.39 is 11.8 Å². The minimum absolute atomic E-state index is 0.180. The van der Waals surface area contributed by atoms with Gasteiger partial charge < -0.3 is 4.74 Å². The Morgan fingerprint density at radius 1 is 0.913 bits per heavy atom. The maximum absolute atomic E-state index is 9.19. The highest BCUT2D eigenvalue weighted by atomic mass is 35.5. The van der Waals surface area contributed by atoms with Gasteiger partial charge in [-0.15, -0.1) is 0 Å². The molecule has 0 saturated carbocycles. The van der Waals surface area contributed by atoms with Crippen LogP contribution < -0.4 is 4.74 Å². The van der Waals surface area contributed by atoms with E-state index in [1.165, 1.54) is 0 Å². The minimum atomic E-state index is -0.838. The van der Waals surface area contributed by atoms with Gasteiger partial charge in [-0.1, -0.05) is 23.7 Å². The number of hydrogen-bond acceptors (Lipinski definition) is 4. The molecular formula is C18H12ClN3O. The summed E-state index contributed by atoms with van der Waals surface area (Å²) in [5.41, 5.74) is 1.31. The molecule has 23 heavy (non-hydrogen) atoms. The zero-order valence-electron chi connectivity index (χ0n) is 12.1. The molecule has 0 spiro atoms. The van der Waals surface area contributed by atoms with Gasteiger partial charge in [0, 0.05) is 10.9 Å². The van der Waals surface area contributed by atoms with Crippen LogP contribution in [-0.4, -0.2) is 6.61 Å². The topological polar surface area (TPSA) is 80.6 Å². The number of nitrogens with zero attached hydrogens (tertiary/aromatic N) is 3. The molecule has 2 rings (SSSR count). The largest absolute Gasteiger partial charge is 0.493 e. The molecule has 112 valence electrons. The molecule has 0 bridgehead atoms. The van der Waals surface area contributed by atoms with E-state index in [0.717, 1.165) is 5.56 Å². The third kappa shape index (κ3) is 4.24. The molecule has 0 aromatic heterocycles. The van der Waals surface area contributed by atoms with Crippen molar-refractivity contribution in [2.24, 2.45) is 5.92 Å². The van der Waals surface area contributed by atoms with Crippen LogP contribution in [0.3, 0.4) is 0 Å². The molecule has 2 aromatic rings. The molecule has 0 unspecified atom stereocenters. The quantitative estimate of drug-likeness (QED) is 0.832. The van der Waals surface area contributed by atoms with Crippen LogP contribution in [-0.2, 0) is 0 Å². The number of ether oxygens (including phenoxy) is 1. The van der Waals surface area contributed by atoms with Crippen molar-refractivity contribution in [1.82, 2.24) is 0 Å². The van der Waals surface area contributed by atoms with Crippen molar-refractivity contribution in [3.63, 3.8) is 0 Å². The average Bonchev–Trinajstić information content (AvgIpc) is 2.60. The Morgan fingerprint density at radius 3 is 2.04 bits per heavy atom. The summed E-state index contributed by atoms with van der Waals surface area (Å²) in [6.07, 6.45) is 0. The molecule has 4 nitrogen and oxygen atoms in total. The van der Waals surface area contributed by atoms with Crippen LogP contribution in [0.15, 0.2) is 48.5 Å². The van der Waals surface area contributed by atoms with Crippen molar-refractivity contribution in [3.8, 4) is 24.0 Å². The molecule has 0 N–H and O–H groups in total. The first-order valence-corrected chi connectivity index (χ1v) is 7.23. The Bertz CT molecular complexity index is 765. The number of halogens is 1. The van der Waals surface area contributed by atoms with Gasteiger partial charge >= 0.3 is 0 Å². The summed E-state index contributed by atoms with van der Waals surface area (Å²) in [5, 5.41) is 27.8. The summed E-state index contributed by atoms with van der Waals surface area (Å²) in [5.74, 6) is -0.633. The fraction of sp³-hybridized carbons (Fsp3) is 0.167. The van der Waals surface area contributed by atoms with Crippen molar-refractivity contribution in [3.05, 3.63) is 64.7 Å². The Labute approximate surface area is 139 Å². The van der Waals surface area contributed by atoms with Gasteiger partial charge in [0.15, 0.2) is 0 Å². The van der Waals surface area contributed by atoms with Crippen molar-refractivity contribution < 1.29 is 4.74 Å². The van der Waals surface area contributed by atoms with Crippen LogP contribution in [0, 0.1) is 39.9 Å². The second-order valence-corrected chi connectivity index (χ2v) is 5.28. The predicted octanol–water partition coefficient (Wildman–Crippen LogP) is 4.04. The number of nitriles is 3. The van der Waals surface area contributed by atoms with Crippen LogP contribution in [0.5, 0.6) is 5.75 Å². The van der Waals surface area contributed by atoms with Crippen LogP contribution in [0.1, 0.15) is 17.0 Å². The molecule has 0 amide bonds. The Morgan fingerprint density at radius 2 is 1.52 bits per heavy atom. The Kier molecular flexibility index (Phi) is 5.59. The molecule has 0 fully saturated rings. The first-order valence-electron chi connectivity index (χ1n) is 6.85. The highest BCUT2D eigenvalue weighted by molar-refractivity contribution is 6.30. The maximum atomic E-state index is 9.19. The van der Waals surface area contributed by atoms with Gasteiger partial charge in [0.2, 0.25) is 0 Å². The van der Waals surface area contributed by atoms with E-state index >= 15 is 0 Å². The smallest absolute Gasteiger partial charge is 0.143 e. The first-order chi connectivity index (χ1) is 11.2.